The zero-order valence-corrected chi connectivity index (χ0v) is 12.3. The fourth-order valence-electron chi connectivity index (χ4n) is 2.04. The Hall–Kier alpha value is -1.16. The third kappa shape index (κ3) is 3.48. The van der Waals surface area contributed by atoms with E-state index >= 15 is 0 Å². The summed E-state index contributed by atoms with van der Waals surface area (Å²) in [5.41, 5.74) is 1.51. The molecule has 2 aromatic carbocycles. The van der Waals surface area contributed by atoms with Crippen LogP contribution in [0.25, 0.3) is 0 Å². The minimum atomic E-state index is -0.861. The van der Waals surface area contributed by atoms with Gasteiger partial charge in [-0.1, -0.05) is 29.3 Å². The Bertz CT molecular complexity index is 617. The highest BCUT2D eigenvalue weighted by atomic mass is 35.5. The lowest BCUT2D eigenvalue weighted by atomic mass is 9.99. The highest BCUT2D eigenvalue weighted by Crippen LogP contribution is 2.26. The van der Waals surface area contributed by atoms with Crippen LogP contribution in [-0.2, 0) is 6.42 Å². The van der Waals surface area contributed by atoms with Crippen molar-refractivity contribution in [1.29, 1.82) is 0 Å². The minimum Gasteiger partial charge on any atom is -0.313 e. The number of likely N-dealkylation sites (N-methyl/N-ethyl adjacent to an activating group) is 1. The van der Waals surface area contributed by atoms with Gasteiger partial charge in [-0.2, -0.15) is 0 Å². The van der Waals surface area contributed by atoms with Crippen LogP contribution >= 0.6 is 23.2 Å². The fraction of sp³-hybridized carbons (Fsp3) is 0.200. The van der Waals surface area contributed by atoms with E-state index in [0.29, 0.717) is 22.0 Å². The van der Waals surface area contributed by atoms with Crippen LogP contribution < -0.4 is 5.32 Å². The Morgan fingerprint density at radius 2 is 1.80 bits per heavy atom. The van der Waals surface area contributed by atoms with E-state index in [1.807, 2.05) is 0 Å². The van der Waals surface area contributed by atoms with E-state index in [4.69, 9.17) is 23.2 Å². The largest absolute Gasteiger partial charge is 0.313 e. The second-order valence-electron chi connectivity index (χ2n) is 4.45. The predicted octanol–water partition coefficient (Wildman–Crippen LogP) is 4.77. The molecule has 106 valence electrons. The van der Waals surface area contributed by atoms with Crippen molar-refractivity contribution in [3.8, 4) is 0 Å². The lowest BCUT2D eigenvalue weighted by Crippen LogP contribution is -2.19. The average Bonchev–Trinajstić information content (AvgIpc) is 2.43. The van der Waals surface area contributed by atoms with Crippen LogP contribution in [0.15, 0.2) is 36.4 Å². The highest BCUT2D eigenvalue weighted by Gasteiger charge is 2.14. The molecule has 1 atom stereocenters. The van der Waals surface area contributed by atoms with Crippen molar-refractivity contribution < 1.29 is 8.78 Å². The maximum atomic E-state index is 13.3. The molecule has 0 aliphatic carbocycles. The standard InChI is InChI=1S/C15H13Cl2F2N/c1-20-15(9-2-5-13(18)14(19)7-9)8-10-6-11(16)3-4-12(10)17/h2-7,15,20H,8H2,1H3. The third-order valence-electron chi connectivity index (χ3n) is 3.13. The van der Waals surface area contributed by atoms with Crippen molar-refractivity contribution in [3.05, 3.63) is 69.2 Å². The summed E-state index contributed by atoms with van der Waals surface area (Å²) in [6, 6.07) is 8.88. The molecule has 0 saturated heterocycles. The molecule has 2 rings (SSSR count). The normalized spacial score (nSPS) is 12.4. The number of hydrogen-bond acceptors (Lipinski definition) is 1. The molecule has 1 unspecified atom stereocenters. The lowest BCUT2D eigenvalue weighted by molar-refractivity contribution is 0.501. The molecule has 0 saturated carbocycles. The van der Waals surface area contributed by atoms with E-state index in [0.717, 1.165) is 11.6 Å². The number of nitrogens with one attached hydrogen (secondary N) is 1. The molecule has 0 aromatic heterocycles. The van der Waals surface area contributed by atoms with E-state index in [-0.39, 0.29) is 6.04 Å². The Kier molecular flexibility index (Phi) is 4.97. The summed E-state index contributed by atoms with van der Waals surface area (Å²) < 4.78 is 26.3. The van der Waals surface area contributed by atoms with Crippen LogP contribution in [0.3, 0.4) is 0 Å². The molecule has 0 amide bonds. The van der Waals surface area contributed by atoms with Crippen LogP contribution in [0.2, 0.25) is 10.0 Å². The van der Waals surface area contributed by atoms with Gasteiger partial charge in [-0.15, -0.1) is 0 Å². The SMILES string of the molecule is CNC(Cc1cc(Cl)ccc1Cl)c1ccc(F)c(F)c1. The first kappa shape index (κ1) is 15.2. The highest BCUT2D eigenvalue weighted by molar-refractivity contribution is 6.33. The molecule has 20 heavy (non-hydrogen) atoms. The molecule has 0 spiro atoms. The first-order chi connectivity index (χ1) is 9.51. The number of hydrogen-bond donors (Lipinski definition) is 1. The molecule has 0 heterocycles. The molecule has 0 bridgehead atoms. The number of rotatable bonds is 4. The quantitative estimate of drug-likeness (QED) is 0.856. The van der Waals surface area contributed by atoms with Gasteiger partial charge in [0.2, 0.25) is 0 Å². The molecular weight excluding hydrogens is 303 g/mol. The second-order valence-corrected chi connectivity index (χ2v) is 5.30. The van der Waals surface area contributed by atoms with Crippen LogP contribution in [0, 0.1) is 11.6 Å². The van der Waals surface area contributed by atoms with Gasteiger partial charge in [0.05, 0.1) is 0 Å². The monoisotopic (exact) mass is 315 g/mol. The van der Waals surface area contributed by atoms with E-state index in [1.54, 1.807) is 31.3 Å². The van der Waals surface area contributed by atoms with Gasteiger partial charge in [0.1, 0.15) is 0 Å². The predicted molar refractivity (Wildman–Crippen MR) is 78.3 cm³/mol. The zero-order valence-electron chi connectivity index (χ0n) is 10.8. The van der Waals surface area contributed by atoms with E-state index < -0.39 is 11.6 Å². The first-order valence-corrected chi connectivity index (χ1v) is 6.83. The van der Waals surface area contributed by atoms with Crippen molar-refractivity contribution >= 4 is 23.2 Å². The molecular formula is C15H13Cl2F2N. The van der Waals surface area contributed by atoms with Crippen molar-refractivity contribution in [1.82, 2.24) is 5.32 Å². The van der Waals surface area contributed by atoms with Crippen molar-refractivity contribution in [2.45, 2.75) is 12.5 Å². The Morgan fingerprint density at radius 3 is 2.45 bits per heavy atom. The summed E-state index contributed by atoms with van der Waals surface area (Å²) in [4.78, 5) is 0. The molecule has 0 radical (unpaired) electrons. The van der Waals surface area contributed by atoms with Crippen LogP contribution in [0.1, 0.15) is 17.2 Å². The Balaban J connectivity index is 2.28. The molecule has 0 aliphatic rings. The van der Waals surface area contributed by atoms with Crippen LogP contribution in [0.4, 0.5) is 8.78 Å². The summed E-state index contributed by atoms with van der Waals surface area (Å²) in [6.07, 6.45) is 0.529. The van der Waals surface area contributed by atoms with Crippen molar-refractivity contribution in [3.63, 3.8) is 0 Å². The molecule has 5 heteroatoms. The second kappa shape index (κ2) is 6.53. The van der Waals surface area contributed by atoms with E-state index in [2.05, 4.69) is 5.32 Å². The maximum Gasteiger partial charge on any atom is 0.159 e. The van der Waals surface area contributed by atoms with Gasteiger partial charge in [-0.05, 0) is 54.9 Å². The van der Waals surface area contributed by atoms with Gasteiger partial charge in [0, 0.05) is 16.1 Å². The zero-order chi connectivity index (χ0) is 14.7. The minimum absolute atomic E-state index is 0.180. The van der Waals surface area contributed by atoms with Crippen LogP contribution in [-0.4, -0.2) is 7.05 Å². The Labute approximate surface area is 126 Å². The molecule has 1 N–H and O–H groups in total. The topological polar surface area (TPSA) is 12.0 Å². The smallest absolute Gasteiger partial charge is 0.159 e. The Morgan fingerprint density at radius 1 is 1.05 bits per heavy atom. The molecule has 0 fully saturated rings. The van der Waals surface area contributed by atoms with Crippen LogP contribution in [0.5, 0.6) is 0 Å². The van der Waals surface area contributed by atoms with E-state index in [1.165, 1.54) is 6.07 Å². The van der Waals surface area contributed by atoms with Gasteiger partial charge in [-0.3, -0.25) is 0 Å². The average molecular weight is 316 g/mol. The molecule has 0 aliphatic heterocycles. The van der Waals surface area contributed by atoms with Crippen molar-refractivity contribution in [2.75, 3.05) is 7.05 Å². The van der Waals surface area contributed by atoms with Gasteiger partial charge >= 0.3 is 0 Å². The van der Waals surface area contributed by atoms with Gasteiger partial charge in [-0.25, -0.2) is 8.78 Å². The first-order valence-electron chi connectivity index (χ1n) is 6.07. The molecule has 2 aromatic rings. The van der Waals surface area contributed by atoms with Crippen molar-refractivity contribution in [2.24, 2.45) is 0 Å². The van der Waals surface area contributed by atoms with Gasteiger partial charge in [0.15, 0.2) is 11.6 Å². The summed E-state index contributed by atoms with van der Waals surface area (Å²) in [6.45, 7) is 0. The van der Waals surface area contributed by atoms with Gasteiger partial charge < -0.3 is 5.32 Å². The number of benzene rings is 2. The summed E-state index contributed by atoms with van der Waals surface area (Å²) in [5.74, 6) is -1.72. The van der Waals surface area contributed by atoms with E-state index in [9.17, 15) is 8.78 Å². The summed E-state index contributed by atoms with van der Waals surface area (Å²) >= 11 is 12.1. The summed E-state index contributed by atoms with van der Waals surface area (Å²) in [7, 11) is 1.75. The molecule has 1 nitrogen and oxygen atoms in total. The fourth-order valence-corrected chi connectivity index (χ4v) is 2.42. The van der Waals surface area contributed by atoms with Gasteiger partial charge in [0.25, 0.3) is 0 Å². The third-order valence-corrected chi connectivity index (χ3v) is 3.73. The lowest BCUT2D eigenvalue weighted by Gasteiger charge is -2.18. The summed E-state index contributed by atoms with van der Waals surface area (Å²) in [5, 5.41) is 4.25. The maximum absolute atomic E-state index is 13.3. The number of halogens is 4.